The van der Waals surface area contributed by atoms with E-state index >= 15 is 0 Å². The second kappa shape index (κ2) is 8.29. The predicted octanol–water partition coefficient (Wildman–Crippen LogP) is 11.6. The summed E-state index contributed by atoms with van der Waals surface area (Å²) < 4.78 is 7.50. The van der Waals surface area contributed by atoms with Crippen LogP contribution in [0, 0.1) is 0 Å². The molecule has 0 unspecified atom stereocenters. The van der Waals surface area contributed by atoms with Crippen molar-refractivity contribution in [2.45, 2.75) is 0 Å². The topological polar surface area (TPSA) is 13.1 Å². The summed E-state index contributed by atoms with van der Waals surface area (Å²) in [5, 5.41) is 11.3. The Hall–Kier alpha value is -4.92. The van der Waals surface area contributed by atoms with Gasteiger partial charge in [-0.3, -0.25) is 0 Å². The highest BCUT2D eigenvalue weighted by molar-refractivity contribution is 7.22. The van der Waals surface area contributed by atoms with Crippen LogP contribution in [0.4, 0.5) is 0 Å². The van der Waals surface area contributed by atoms with Crippen LogP contribution in [0.15, 0.2) is 138 Å². The maximum Gasteiger partial charge on any atom is 0.136 e. The van der Waals surface area contributed by atoms with Crippen LogP contribution in [0.2, 0.25) is 0 Å². The first-order valence-corrected chi connectivity index (χ1v) is 14.4. The summed E-state index contributed by atoms with van der Waals surface area (Å²) in [4.78, 5) is 1.28. The smallest absolute Gasteiger partial charge is 0.136 e. The van der Waals surface area contributed by atoms with Crippen LogP contribution < -0.4 is 0 Å². The summed E-state index contributed by atoms with van der Waals surface area (Å²) >= 11 is 1.87. The average molecular weight is 527 g/mol. The van der Waals surface area contributed by atoms with Gasteiger partial charge in [-0.25, -0.2) is 0 Å². The van der Waals surface area contributed by atoms with Crippen LogP contribution in [-0.4, -0.2) is 0 Å². The van der Waals surface area contributed by atoms with Gasteiger partial charge < -0.3 is 4.42 Å². The molecule has 2 heteroatoms. The van der Waals surface area contributed by atoms with Gasteiger partial charge in [0.1, 0.15) is 11.2 Å². The number of hydrogen-bond acceptors (Lipinski definition) is 2. The van der Waals surface area contributed by atoms with Crippen molar-refractivity contribution in [3.8, 4) is 21.6 Å². The van der Waals surface area contributed by atoms with Gasteiger partial charge >= 0.3 is 0 Å². The third-order valence-corrected chi connectivity index (χ3v) is 9.39. The fourth-order valence-electron chi connectivity index (χ4n) is 6.59. The van der Waals surface area contributed by atoms with E-state index in [4.69, 9.17) is 4.42 Å². The Morgan fingerprint density at radius 1 is 0.425 bits per heavy atom. The fraction of sp³-hybridized carbons (Fsp3) is 0. The molecule has 0 aliphatic carbocycles. The summed E-state index contributed by atoms with van der Waals surface area (Å²) in [7, 11) is 0. The lowest BCUT2D eigenvalue weighted by molar-refractivity contribution is 0.669. The third kappa shape index (κ3) is 3.03. The molecule has 40 heavy (non-hydrogen) atoms. The molecule has 0 spiro atoms. The standard InChI is InChI=1S/C38H22OS/c1-2-12-24-23(10-1)11-9-18-25(24)36-26-13-3-5-15-28(26)38(29-16-6-4-14-27(29)36)35-22-31-34(40-35)21-20-33-37(31)30-17-7-8-19-32(30)39-33/h1-22H. The molecule has 0 saturated heterocycles. The molecule has 7 aromatic carbocycles. The molecule has 0 aliphatic heterocycles. The Kier molecular flexibility index (Phi) is 4.55. The zero-order valence-corrected chi connectivity index (χ0v) is 22.3. The second-order valence-corrected chi connectivity index (χ2v) is 11.5. The zero-order valence-electron chi connectivity index (χ0n) is 21.5. The maximum atomic E-state index is 6.22. The highest BCUT2D eigenvalue weighted by Gasteiger charge is 2.20. The van der Waals surface area contributed by atoms with Gasteiger partial charge in [0.25, 0.3) is 0 Å². The Bertz CT molecular complexity index is 2380. The van der Waals surface area contributed by atoms with Gasteiger partial charge in [0.15, 0.2) is 0 Å². The van der Waals surface area contributed by atoms with E-state index in [1.54, 1.807) is 0 Å². The molecule has 9 rings (SSSR count). The van der Waals surface area contributed by atoms with E-state index in [2.05, 4.69) is 127 Å². The van der Waals surface area contributed by atoms with Crippen LogP contribution >= 0.6 is 11.3 Å². The van der Waals surface area contributed by atoms with Gasteiger partial charge in [0, 0.05) is 31.3 Å². The second-order valence-electron chi connectivity index (χ2n) is 10.4. The molecule has 1 nitrogen and oxygen atoms in total. The van der Waals surface area contributed by atoms with Gasteiger partial charge in [-0.1, -0.05) is 109 Å². The number of para-hydroxylation sites is 1. The molecule has 0 N–H and O–H groups in total. The predicted molar refractivity (Wildman–Crippen MR) is 172 cm³/mol. The number of hydrogen-bond donors (Lipinski definition) is 0. The molecule has 0 saturated carbocycles. The molecule has 0 atom stereocenters. The molecular weight excluding hydrogens is 504 g/mol. The van der Waals surface area contributed by atoms with Crippen LogP contribution in [0.3, 0.4) is 0 Å². The minimum Gasteiger partial charge on any atom is -0.456 e. The number of benzene rings is 7. The molecule has 0 amide bonds. The Morgan fingerprint density at radius 2 is 1.02 bits per heavy atom. The van der Waals surface area contributed by atoms with Gasteiger partial charge in [-0.2, -0.15) is 0 Å². The van der Waals surface area contributed by atoms with Crippen LogP contribution in [0.1, 0.15) is 0 Å². The number of fused-ring (bicyclic) bond motifs is 8. The lowest BCUT2D eigenvalue weighted by atomic mass is 9.86. The number of thiophene rings is 1. The fourth-order valence-corrected chi connectivity index (χ4v) is 7.73. The lowest BCUT2D eigenvalue weighted by Gasteiger charge is -2.18. The number of furan rings is 1. The van der Waals surface area contributed by atoms with E-state index < -0.39 is 0 Å². The van der Waals surface area contributed by atoms with E-state index in [0.717, 1.165) is 11.2 Å². The van der Waals surface area contributed by atoms with E-state index in [0.29, 0.717) is 0 Å². The van der Waals surface area contributed by atoms with E-state index in [-0.39, 0.29) is 0 Å². The Morgan fingerprint density at radius 3 is 1.77 bits per heavy atom. The summed E-state index contributed by atoms with van der Waals surface area (Å²) in [6.07, 6.45) is 0. The molecule has 0 radical (unpaired) electrons. The number of rotatable bonds is 2. The molecule has 0 fully saturated rings. The van der Waals surface area contributed by atoms with Crippen molar-refractivity contribution in [2.75, 3.05) is 0 Å². The quantitative estimate of drug-likeness (QED) is 0.204. The average Bonchev–Trinajstić information content (AvgIpc) is 3.61. The van der Waals surface area contributed by atoms with Crippen molar-refractivity contribution in [3.05, 3.63) is 133 Å². The van der Waals surface area contributed by atoms with Crippen molar-refractivity contribution in [1.29, 1.82) is 0 Å². The lowest BCUT2D eigenvalue weighted by Crippen LogP contribution is -1.90. The molecule has 9 aromatic rings. The first-order valence-electron chi connectivity index (χ1n) is 13.6. The summed E-state index contributed by atoms with van der Waals surface area (Å²) in [6.45, 7) is 0. The first kappa shape index (κ1) is 22.0. The van der Waals surface area contributed by atoms with Crippen LogP contribution in [0.25, 0.3) is 85.9 Å². The largest absolute Gasteiger partial charge is 0.456 e. The van der Waals surface area contributed by atoms with Crippen LogP contribution in [-0.2, 0) is 0 Å². The van der Waals surface area contributed by atoms with Gasteiger partial charge in [-0.05, 0) is 67.7 Å². The monoisotopic (exact) mass is 526 g/mol. The van der Waals surface area contributed by atoms with Crippen molar-refractivity contribution < 1.29 is 4.42 Å². The molecule has 0 aliphatic rings. The molecule has 0 bridgehead atoms. The molecular formula is C38H22OS. The van der Waals surface area contributed by atoms with E-state index in [9.17, 15) is 0 Å². The Balaban J connectivity index is 1.42. The van der Waals surface area contributed by atoms with Crippen molar-refractivity contribution in [1.82, 2.24) is 0 Å². The SMILES string of the molecule is c1ccc2c(-c3c4ccccc4c(-c4cc5c(ccc6oc7ccccc7c65)s4)c4ccccc34)cccc2c1. The van der Waals surface area contributed by atoms with E-state index in [1.165, 1.54) is 74.7 Å². The summed E-state index contributed by atoms with van der Waals surface area (Å²) in [5.41, 5.74) is 5.76. The highest BCUT2D eigenvalue weighted by atomic mass is 32.1. The molecule has 186 valence electrons. The summed E-state index contributed by atoms with van der Waals surface area (Å²) in [5.74, 6) is 0. The maximum absolute atomic E-state index is 6.22. The van der Waals surface area contributed by atoms with Crippen LogP contribution in [0.5, 0.6) is 0 Å². The van der Waals surface area contributed by atoms with E-state index in [1.807, 2.05) is 17.4 Å². The first-order chi connectivity index (χ1) is 19.8. The molecule has 2 heterocycles. The normalized spacial score (nSPS) is 12.0. The zero-order chi connectivity index (χ0) is 26.2. The summed E-state index contributed by atoms with van der Waals surface area (Å²) in [6, 6.07) is 48.3. The van der Waals surface area contributed by atoms with Gasteiger partial charge in [-0.15, -0.1) is 11.3 Å². The van der Waals surface area contributed by atoms with Gasteiger partial charge in [0.05, 0.1) is 0 Å². The third-order valence-electron chi connectivity index (χ3n) is 8.28. The molecule has 2 aromatic heterocycles. The van der Waals surface area contributed by atoms with Crippen molar-refractivity contribution >= 4 is 75.7 Å². The Labute approximate surface area is 234 Å². The minimum absolute atomic E-state index is 0.938. The van der Waals surface area contributed by atoms with Crippen molar-refractivity contribution in [2.24, 2.45) is 0 Å². The highest BCUT2D eigenvalue weighted by Crippen LogP contribution is 2.48. The van der Waals surface area contributed by atoms with Gasteiger partial charge in [0.2, 0.25) is 0 Å². The minimum atomic E-state index is 0.938. The van der Waals surface area contributed by atoms with Crippen molar-refractivity contribution in [3.63, 3.8) is 0 Å².